The lowest BCUT2D eigenvalue weighted by Crippen LogP contribution is -2.59. The normalized spacial score (nSPS) is 13.6. The minimum absolute atomic E-state index is 0.0296. The van der Waals surface area contributed by atoms with Crippen LogP contribution in [0.25, 0.3) is 88.5 Å². The molecule has 5 heteroatoms. The van der Waals surface area contributed by atoms with E-state index in [2.05, 4.69) is 225 Å². The fourth-order valence-corrected chi connectivity index (χ4v) is 11.7. The third-order valence-electron chi connectivity index (χ3n) is 15.0. The van der Waals surface area contributed by atoms with Gasteiger partial charge in [0.25, 0.3) is 6.71 Å². The Balaban J connectivity index is 1.36. The SMILES string of the molecule is CC(C)(C)c1cc(C(C)(C)C)c2c3c(-c4ccccc4)ccc4c3n(c2c1)-c1cc(-c2ccncn2)cc2c1B4c1ccc(-c3ccccc3)c3c4c(C(C)(C)C)cc(C(C)(C)C)cc4n-2c13. The highest BCUT2D eigenvalue weighted by atomic mass is 15.0. The van der Waals surface area contributed by atoms with Crippen LogP contribution in [0.1, 0.15) is 105 Å². The van der Waals surface area contributed by atoms with Crippen molar-refractivity contribution in [3.8, 4) is 44.9 Å². The molecule has 0 radical (unpaired) electrons. The first-order chi connectivity index (χ1) is 31.8. The molecule has 3 aromatic heterocycles. The predicted octanol–water partition coefficient (Wildman–Crippen LogP) is 14.0. The Bertz CT molecular complexity index is 3470. The fourth-order valence-electron chi connectivity index (χ4n) is 11.7. The van der Waals surface area contributed by atoms with Crippen molar-refractivity contribution in [2.24, 2.45) is 0 Å². The van der Waals surface area contributed by atoms with Crippen molar-refractivity contribution in [2.75, 3.05) is 0 Å². The Morgan fingerprint density at radius 2 is 0.881 bits per heavy atom. The Labute approximate surface area is 395 Å². The molecule has 330 valence electrons. The van der Waals surface area contributed by atoms with Gasteiger partial charge in [0.1, 0.15) is 6.33 Å². The average Bonchev–Trinajstić information content (AvgIpc) is 3.83. The zero-order chi connectivity index (χ0) is 46.7. The quantitative estimate of drug-likeness (QED) is 0.166. The van der Waals surface area contributed by atoms with Gasteiger partial charge in [-0.3, -0.25) is 0 Å². The van der Waals surface area contributed by atoms with Gasteiger partial charge in [-0.25, -0.2) is 9.97 Å². The molecule has 10 aromatic rings. The molecule has 0 spiro atoms. The van der Waals surface area contributed by atoms with Crippen molar-refractivity contribution >= 4 is 66.7 Å². The third kappa shape index (κ3) is 6.05. The molecule has 0 bridgehead atoms. The number of fused-ring (bicyclic) bond motifs is 10. The second kappa shape index (κ2) is 13.9. The molecule has 7 aromatic carbocycles. The summed E-state index contributed by atoms with van der Waals surface area (Å²) >= 11 is 0. The summed E-state index contributed by atoms with van der Waals surface area (Å²) in [6, 6.07) is 49.0. The summed E-state index contributed by atoms with van der Waals surface area (Å²) in [5.74, 6) is 0. The average molecular weight is 871 g/mol. The van der Waals surface area contributed by atoms with Crippen molar-refractivity contribution in [3.63, 3.8) is 0 Å². The number of aromatic nitrogens is 4. The lowest BCUT2D eigenvalue weighted by atomic mass is 9.34. The van der Waals surface area contributed by atoms with Crippen molar-refractivity contribution < 1.29 is 0 Å². The van der Waals surface area contributed by atoms with Crippen LogP contribution in [0.2, 0.25) is 0 Å². The number of hydrogen-bond donors (Lipinski definition) is 0. The Kier molecular flexibility index (Phi) is 8.66. The minimum atomic E-state index is -0.132. The molecule has 67 heavy (non-hydrogen) atoms. The molecule has 0 amide bonds. The van der Waals surface area contributed by atoms with Gasteiger partial charge in [-0.2, -0.15) is 0 Å². The summed E-state index contributed by atoms with van der Waals surface area (Å²) in [4.78, 5) is 9.36. The molecular formula is C62H59BN4. The zero-order valence-electron chi connectivity index (χ0n) is 41.1. The van der Waals surface area contributed by atoms with Gasteiger partial charge < -0.3 is 9.13 Å². The van der Waals surface area contributed by atoms with E-state index in [0.717, 1.165) is 11.3 Å². The van der Waals surface area contributed by atoms with E-state index in [0.29, 0.717) is 0 Å². The van der Waals surface area contributed by atoms with Gasteiger partial charge in [0, 0.05) is 44.7 Å². The van der Waals surface area contributed by atoms with Crippen LogP contribution in [0.5, 0.6) is 0 Å². The lowest BCUT2D eigenvalue weighted by Gasteiger charge is -2.34. The maximum atomic E-state index is 4.96. The van der Waals surface area contributed by atoms with Gasteiger partial charge in [0.2, 0.25) is 0 Å². The van der Waals surface area contributed by atoms with Crippen LogP contribution in [-0.4, -0.2) is 25.8 Å². The first kappa shape index (κ1) is 41.7. The van der Waals surface area contributed by atoms with E-state index in [1.165, 1.54) is 116 Å². The zero-order valence-corrected chi connectivity index (χ0v) is 41.1. The van der Waals surface area contributed by atoms with Crippen molar-refractivity contribution in [1.29, 1.82) is 0 Å². The molecule has 0 unspecified atom stereocenters. The monoisotopic (exact) mass is 870 g/mol. The van der Waals surface area contributed by atoms with Crippen LogP contribution in [-0.2, 0) is 21.7 Å². The second-order valence-electron chi connectivity index (χ2n) is 23.5. The van der Waals surface area contributed by atoms with E-state index in [-0.39, 0.29) is 28.4 Å². The van der Waals surface area contributed by atoms with E-state index < -0.39 is 0 Å². The molecular weight excluding hydrogens is 812 g/mol. The Hall–Kier alpha value is -6.72. The highest BCUT2D eigenvalue weighted by Crippen LogP contribution is 2.49. The predicted molar refractivity (Wildman–Crippen MR) is 286 cm³/mol. The minimum Gasteiger partial charge on any atom is -0.310 e. The summed E-state index contributed by atoms with van der Waals surface area (Å²) in [5, 5.41) is 5.35. The van der Waals surface area contributed by atoms with Crippen LogP contribution in [0.15, 0.2) is 140 Å². The molecule has 12 rings (SSSR count). The van der Waals surface area contributed by atoms with E-state index >= 15 is 0 Å². The maximum absolute atomic E-state index is 4.96. The summed E-state index contributed by atoms with van der Waals surface area (Å²) in [6.07, 6.45) is 3.57. The fraction of sp³-hybridized carbons (Fsp3) is 0.258. The van der Waals surface area contributed by atoms with Crippen molar-refractivity contribution in [1.82, 2.24) is 19.1 Å². The van der Waals surface area contributed by atoms with Crippen LogP contribution >= 0.6 is 0 Å². The van der Waals surface area contributed by atoms with Crippen LogP contribution in [0, 0.1) is 0 Å². The summed E-state index contributed by atoms with van der Waals surface area (Å²) in [6.45, 7) is 28.4. The number of hydrogen-bond acceptors (Lipinski definition) is 2. The number of nitrogens with zero attached hydrogens (tertiary/aromatic N) is 4. The van der Waals surface area contributed by atoms with E-state index in [4.69, 9.17) is 4.98 Å². The second-order valence-corrected chi connectivity index (χ2v) is 23.5. The van der Waals surface area contributed by atoms with Crippen LogP contribution < -0.4 is 16.4 Å². The highest BCUT2D eigenvalue weighted by Gasteiger charge is 2.43. The molecule has 2 aliphatic rings. The van der Waals surface area contributed by atoms with E-state index in [1.54, 1.807) is 6.33 Å². The highest BCUT2D eigenvalue weighted by molar-refractivity contribution is 7.00. The van der Waals surface area contributed by atoms with E-state index in [9.17, 15) is 0 Å². The summed E-state index contributed by atoms with van der Waals surface area (Å²) in [7, 11) is 0. The maximum Gasteiger partial charge on any atom is 0.252 e. The summed E-state index contributed by atoms with van der Waals surface area (Å²) in [5.41, 5.74) is 23.6. The molecule has 0 N–H and O–H groups in total. The van der Waals surface area contributed by atoms with Gasteiger partial charge in [-0.15, -0.1) is 0 Å². The first-order valence-corrected chi connectivity index (χ1v) is 24.2. The Morgan fingerprint density at radius 1 is 0.433 bits per heavy atom. The smallest absolute Gasteiger partial charge is 0.252 e. The van der Waals surface area contributed by atoms with Crippen molar-refractivity contribution in [3.05, 3.63) is 162 Å². The molecule has 2 aliphatic heterocycles. The molecule has 5 heterocycles. The number of rotatable bonds is 3. The molecule has 0 saturated heterocycles. The largest absolute Gasteiger partial charge is 0.310 e. The third-order valence-corrected chi connectivity index (χ3v) is 15.0. The number of benzene rings is 7. The topological polar surface area (TPSA) is 35.6 Å². The molecule has 0 atom stereocenters. The van der Waals surface area contributed by atoms with E-state index in [1.807, 2.05) is 6.20 Å². The first-order valence-electron chi connectivity index (χ1n) is 24.2. The summed E-state index contributed by atoms with van der Waals surface area (Å²) < 4.78 is 5.34. The molecule has 0 saturated carbocycles. The Morgan fingerprint density at radius 3 is 1.27 bits per heavy atom. The van der Waals surface area contributed by atoms with Gasteiger partial charge in [-0.1, -0.05) is 180 Å². The van der Waals surface area contributed by atoms with Gasteiger partial charge in [0.05, 0.1) is 27.8 Å². The van der Waals surface area contributed by atoms with Gasteiger partial charge in [-0.05, 0) is 113 Å². The standard InChI is InChI=1S/C62H59BN4/c1-59(2,3)39-31-43(61(7,8)9)54-48(33-39)66-50-29-38(47-27-28-64-35-65-47)30-51-56(50)63(45-25-23-41(52(54)57(45)66)36-19-15-13-16-20-36)46-26-24-42(37-21-17-14-18-22-37)53-55-44(62(10,11)12)32-40(60(4,5)6)34-49(55)67(51)58(46)53/h13-35H,1-12H3. The molecule has 0 aliphatic carbocycles. The molecule has 4 nitrogen and oxygen atoms in total. The van der Waals surface area contributed by atoms with Crippen LogP contribution in [0.4, 0.5) is 0 Å². The molecule has 0 fully saturated rings. The lowest BCUT2D eigenvalue weighted by molar-refractivity contribution is 0.572. The van der Waals surface area contributed by atoms with Gasteiger partial charge >= 0.3 is 0 Å². The van der Waals surface area contributed by atoms with Crippen LogP contribution in [0.3, 0.4) is 0 Å². The van der Waals surface area contributed by atoms with Crippen molar-refractivity contribution in [2.45, 2.75) is 105 Å². The van der Waals surface area contributed by atoms with Gasteiger partial charge in [0.15, 0.2) is 0 Å².